The third kappa shape index (κ3) is 4.17. The number of rotatable bonds is 3. The fourth-order valence-corrected chi connectivity index (χ4v) is 2.16. The minimum absolute atomic E-state index is 0.159. The van der Waals surface area contributed by atoms with Gasteiger partial charge in [-0.15, -0.1) is 12.6 Å². The molecule has 0 atom stereocenters. The van der Waals surface area contributed by atoms with Crippen LogP contribution in [0.15, 0.2) is 53.6 Å². The summed E-state index contributed by atoms with van der Waals surface area (Å²) < 4.78 is 24.6. The average molecular weight is 343 g/mol. The zero-order valence-electron chi connectivity index (χ0n) is 13.3. The van der Waals surface area contributed by atoms with Crippen molar-refractivity contribution in [1.29, 1.82) is 0 Å². The van der Waals surface area contributed by atoms with Gasteiger partial charge in [-0.25, -0.2) is 4.39 Å². The van der Waals surface area contributed by atoms with E-state index >= 15 is 0 Å². The van der Waals surface area contributed by atoms with E-state index < -0.39 is 5.82 Å². The quantitative estimate of drug-likeness (QED) is 0.625. The highest BCUT2D eigenvalue weighted by molar-refractivity contribution is 7.80. The number of thiol groups is 1. The Morgan fingerprint density at radius 1 is 1.00 bits per heavy atom. The zero-order valence-corrected chi connectivity index (χ0v) is 14.2. The molecule has 0 N–H and O–H groups in total. The molecular weight excluding hydrogens is 325 g/mol. The lowest BCUT2D eigenvalue weighted by atomic mass is 10.2. The van der Waals surface area contributed by atoms with Crippen LogP contribution in [0.5, 0.6) is 17.2 Å². The minimum Gasteiger partial charge on any atom is -0.494 e. The van der Waals surface area contributed by atoms with Gasteiger partial charge in [0.05, 0.1) is 12.6 Å². The summed E-state index contributed by atoms with van der Waals surface area (Å²) in [6.45, 7) is 0. The predicted molar refractivity (Wildman–Crippen MR) is 95.9 cm³/mol. The van der Waals surface area contributed by atoms with Gasteiger partial charge in [-0.2, -0.15) is 0 Å². The van der Waals surface area contributed by atoms with Crippen molar-refractivity contribution in [1.82, 2.24) is 4.98 Å². The molecule has 0 saturated heterocycles. The smallest absolute Gasteiger partial charge is 0.165 e. The highest BCUT2D eigenvalue weighted by Crippen LogP contribution is 2.32. The first kappa shape index (κ1) is 16.6. The third-order valence-electron chi connectivity index (χ3n) is 3.39. The monoisotopic (exact) mass is 343 g/mol. The van der Waals surface area contributed by atoms with E-state index in [1.54, 1.807) is 30.5 Å². The van der Waals surface area contributed by atoms with Crippen molar-refractivity contribution in [2.75, 3.05) is 7.11 Å². The molecule has 2 aromatic carbocycles. The molecule has 3 nitrogen and oxygen atoms in total. The molecule has 0 amide bonds. The number of halogens is 1. The van der Waals surface area contributed by atoms with Crippen LogP contribution in [0.4, 0.5) is 4.39 Å². The van der Waals surface area contributed by atoms with Gasteiger partial charge in [0.1, 0.15) is 11.5 Å². The predicted octanol–water partition coefficient (Wildman–Crippen LogP) is 5.63. The molecule has 3 aromatic rings. The van der Waals surface area contributed by atoms with Gasteiger partial charge >= 0.3 is 0 Å². The van der Waals surface area contributed by atoms with Crippen molar-refractivity contribution < 1.29 is 13.9 Å². The molecule has 0 spiro atoms. The van der Waals surface area contributed by atoms with Gasteiger partial charge in [-0.05, 0) is 36.4 Å². The van der Waals surface area contributed by atoms with E-state index in [1.165, 1.54) is 32.4 Å². The summed E-state index contributed by atoms with van der Waals surface area (Å²) in [5.74, 6) is 0.894. The largest absolute Gasteiger partial charge is 0.494 e. The molecule has 1 aromatic heterocycles. The van der Waals surface area contributed by atoms with Gasteiger partial charge < -0.3 is 9.47 Å². The molecule has 1 saturated carbocycles. The molecule has 0 radical (unpaired) electrons. The summed E-state index contributed by atoms with van der Waals surface area (Å²) in [5, 5.41) is 0.589. The van der Waals surface area contributed by atoms with E-state index in [9.17, 15) is 4.39 Å². The first-order valence-electron chi connectivity index (χ1n) is 7.76. The first-order chi connectivity index (χ1) is 11.7. The van der Waals surface area contributed by atoms with Gasteiger partial charge in [0.25, 0.3) is 0 Å². The van der Waals surface area contributed by atoms with Crippen LogP contribution in [0.1, 0.15) is 19.3 Å². The number of hydrogen-bond acceptors (Lipinski definition) is 4. The number of pyridine rings is 1. The maximum atomic E-state index is 13.9. The highest BCUT2D eigenvalue weighted by atomic mass is 32.1. The molecular formula is C19H18FNO2S. The van der Waals surface area contributed by atoms with Gasteiger partial charge in [-0.3, -0.25) is 4.98 Å². The lowest BCUT2D eigenvalue weighted by molar-refractivity contribution is 0.387. The van der Waals surface area contributed by atoms with Crippen molar-refractivity contribution >= 4 is 23.5 Å². The standard InChI is InChI=1S/C16H12FNO2S.C3H6/c1-19-16-9-14-12(8-13(16)17)15(6-7-18-14)20-10-2-4-11(21)5-3-10;1-2-3-1/h2-9,21H,1H3;1-3H2. The van der Waals surface area contributed by atoms with E-state index in [1.807, 2.05) is 12.1 Å². The number of hydrogen-bond donors (Lipinski definition) is 1. The number of ether oxygens (including phenoxy) is 2. The second-order valence-electron chi connectivity index (χ2n) is 5.47. The summed E-state index contributed by atoms with van der Waals surface area (Å²) in [4.78, 5) is 5.05. The van der Waals surface area contributed by atoms with Crippen molar-refractivity contribution in [2.45, 2.75) is 24.2 Å². The Kier molecular flexibility index (Phi) is 5.20. The molecule has 1 aliphatic carbocycles. The molecule has 5 heteroatoms. The second kappa shape index (κ2) is 7.53. The van der Waals surface area contributed by atoms with Crippen LogP contribution in [-0.4, -0.2) is 12.1 Å². The fraction of sp³-hybridized carbons (Fsp3) is 0.211. The Bertz CT molecular complexity index is 832. The van der Waals surface area contributed by atoms with Gasteiger partial charge in [0.2, 0.25) is 0 Å². The van der Waals surface area contributed by atoms with E-state index in [0.29, 0.717) is 22.4 Å². The topological polar surface area (TPSA) is 31.4 Å². The Morgan fingerprint density at radius 3 is 2.33 bits per heavy atom. The molecule has 4 rings (SSSR count). The van der Waals surface area contributed by atoms with Crippen LogP contribution >= 0.6 is 12.6 Å². The molecule has 1 heterocycles. The van der Waals surface area contributed by atoms with Crippen LogP contribution in [0.2, 0.25) is 0 Å². The van der Waals surface area contributed by atoms with Crippen LogP contribution in [0, 0.1) is 5.82 Å². The van der Waals surface area contributed by atoms with Crippen molar-refractivity contribution in [3.05, 3.63) is 54.5 Å². The molecule has 24 heavy (non-hydrogen) atoms. The maximum Gasteiger partial charge on any atom is 0.165 e. The van der Waals surface area contributed by atoms with E-state index in [-0.39, 0.29) is 5.75 Å². The summed E-state index contributed by atoms with van der Waals surface area (Å²) >= 11 is 4.22. The first-order valence-corrected chi connectivity index (χ1v) is 8.21. The molecule has 0 bridgehead atoms. The SMILES string of the molecule is C1CC1.COc1cc2nccc(Oc3ccc(S)cc3)c2cc1F. The van der Waals surface area contributed by atoms with Gasteiger partial charge in [0.15, 0.2) is 11.6 Å². The summed E-state index contributed by atoms with van der Waals surface area (Å²) in [6, 6.07) is 11.9. The van der Waals surface area contributed by atoms with Crippen LogP contribution < -0.4 is 9.47 Å². The molecule has 0 unspecified atom stereocenters. The number of methoxy groups -OCH3 is 1. The number of fused-ring (bicyclic) bond motifs is 1. The van der Waals surface area contributed by atoms with Crippen molar-refractivity contribution in [2.24, 2.45) is 0 Å². The highest BCUT2D eigenvalue weighted by Gasteiger charge is 2.10. The van der Waals surface area contributed by atoms with Crippen LogP contribution in [-0.2, 0) is 0 Å². The lowest BCUT2D eigenvalue weighted by Gasteiger charge is -2.10. The maximum absolute atomic E-state index is 13.9. The summed E-state index contributed by atoms with van der Waals surface area (Å²) in [5.41, 5.74) is 0.608. The lowest BCUT2D eigenvalue weighted by Crippen LogP contribution is -1.92. The van der Waals surface area contributed by atoms with Crippen molar-refractivity contribution in [3.8, 4) is 17.2 Å². The van der Waals surface area contributed by atoms with E-state index in [2.05, 4.69) is 17.6 Å². The second-order valence-corrected chi connectivity index (χ2v) is 5.99. The van der Waals surface area contributed by atoms with Gasteiger partial charge in [-0.1, -0.05) is 19.3 Å². The van der Waals surface area contributed by atoms with Crippen LogP contribution in [0.25, 0.3) is 10.9 Å². The Labute approximate surface area is 145 Å². The third-order valence-corrected chi connectivity index (χ3v) is 3.69. The van der Waals surface area contributed by atoms with E-state index in [4.69, 9.17) is 9.47 Å². The minimum atomic E-state index is -0.450. The van der Waals surface area contributed by atoms with Gasteiger partial charge in [0, 0.05) is 22.5 Å². The van der Waals surface area contributed by atoms with Crippen molar-refractivity contribution in [3.63, 3.8) is 0 Å². The average Bonchev–Trinajstić information content (AvgIpc) is 3.46. The summed E-state index contributed by atoms with van der Waals surface area (Å²) in [7, 11) is 1.42. The number of benzene rings is 2. The molecule has 0 aliphatic heterocycles. The summed E-state index contributed by atoms with van der Waals surface area (Å²) in [6.07, 6.45) is 6.11. The fourth-order valence-electron chi connectivity index (χ4n) is 2.01. The Balaban J connectivity index is 0.000000508. The van der Waals surface area contributed by atoms with E-state index in [0.717, 1.165) is 4.90 Å². The van der Waals surface area contributed by atoms with Crippen LogP contribution in [0.3, 0.4) is 0 Å². The normalized spacial score (nSPS) is 12.3. The molecule has 1 fully saturated rings. The Hall–Kier alpha value is -2.27. The molecule has 124 valence electrons. The Morgan fingerprint density at radius 2 is 1.71 bits per heavy atom. The molecule has 1 aliphatic rings. The number of nitrogens with zero attached hydrogens (tertiary/aromatic N) is 1. The number of aromatic nitrogens is 1. The zero-order chi connectivity index (χ0) is 16.9.